The third kappa shape index (κ3) is 2.24. The number of phenolic OH excluding ortho intramolecular Hbond substituents is 1. The van der Waals surface area contributed by atoms with Gasteiger partial charge in [0.2, 0.25) is 0 Å². The summed E-state index contributed by atoms with van der Waals surface area (Å²) in [5.41, 5.74) is -0.0665. The lowest BCUT2D eigenvalue weighted by Gasteiger charge is -2.23. The standard InChI is InChI=1S/C12H14FNO3/c13-11-6-9(16)3-4-10(11)12(17)14-5-1-2-8(14)7-15/h3-4,6,8,15-16H,1-2,5,7H2/t8-/m1/s1. The molecule has 0 aromatic heterocycles. The molecule has 1 atom stereocenters. The van der Waals surface area contributed by atoms with E-state index in [1.807, 2.05) is 0 Å². The van der Waals surface area contributed by atoms with Gasteiger partial charge in [-0.25, -0.2) is 4.39 Å². The van der Waals surface area contributed by atoms with Crippen molar-refractivity contribution in [1.82, 2.24) is 4.90 Å². The summed E-state index contributed by atoms with van der Waals surface area (Å²) in [6.07, 6.45) is 1.55. The summed E-state index contributed by atoms with van der Waals surface area (Å²) in [5.74, 6) is -1.38. The zero-order chi connectivity index (χ0) is 12.4. The Morgan fingerprint density at radius 3 is 2.94 bits per heavy atom. The van der Waals surface area contributed by atoms with Crippen LogP contribution in [0.25, 0.3) is 0 Å². The van der Waals surface area contributed by atoms with Gasteiger partial charge in [-0.1, -0.05) is 0 Å². The summed E-state index contributed by atoms with van der Waals surface area (Å²) in [6.45, 7) is 0.426. The summed E-state index contributed by atoms with van der Waals surface area (Å²) < 4.78 is 13.5. The van der Waals surface area contributed by atoms with Gasteiger partial charge < -0.3 is 15.1 Å². The van der Waals surface area contributed by atoms with E-state index >= 15 is 0 Å². The van der Waals surface area contributed by atoms with Gasteiger partial charge in [0, 0.05) is 12.6 Å². The van der Waals surface area contributed by atoms with Crippen LogP contribution >= 0.6 is 0 Å². The first-order valence-electron chi connectivity index (χ1n) is 5.54. The number of aromatic hydroxyl groups is 1. The van der Waals surface area contributed by atoms with E-state index in [0.29, 0.717) is 6.54 Å². The van der Waals surface area contributed by atoms with E-state index in [1.54, 1.807) is 0 Å². The number of halogens is 1. The second-order valence-corrected chi connectivity index (χ2v) is 4.14. The summed E-state index contributed by atoms with van der Waals surface area (Å²) in [7, 11) is 0. The Morgan fingerprint density at radius 1 is 1.53 bits per heavy atom. The van der Waals surface area contributed by atoms with Crippen molar-refractivity contribution in [2.75, 3.05) is 13.2 Å². The van der Waals surface area contributed by atoms with Crippen LogP contribution in [0.3, 0.4) is 0 Å². The number of rotatable bonds is 2. The van der Waals surface area contributed by atoms with Gasteiger partial charge >= 0.3 is 0 Å². The molecular formula is C12H14FNO3. The van der Waals surface area contributed by atoms with Crippen molar-refractivity contribution in [3.8, 4) is 5.75 Å². The largest absolute Gasteiger partial charge is 0.508 e. The van der Waals surface area contributed by atoms with Gasteiger partial charge in [0.15, 0.2) is 0 Å². The zero-order valence-electron chi connectivity index (χ0n) is 9.27. The molecule has 0 aliphatic carbocycles. The number of aliphatic hydroxyl groups excluding tert-OH is 1. The number of phenols is 1. The maximum atomic E-state index is 13.5. The lowest BCUT2D eigenvalue weighted by Crippen LogP contribution is -2.38. The number of carbonyl (C=O) groups is 1. The minimum Gasteiger partial charge on any atom is -0.508 e. The monoisotopic (exact) mass is 239 g/mol. The predicted octanol–water partition coefficient (Wildman–Crippen LogP) is 1.13. The number of carbonyl (C=O) groups excluding carboxylic acids is 1. The lowest BCUT2D eigenvalue weighted by atomic mass is 10.1. The molecule has 0 radical (unpaired) electrons. The van der Waals surface area contributed by atoms with E-state index in [0.717, 1.165) is 18.9 Å². The molecule has 0 saturated carbocycles. The van der Waals surface area contributed by atoms with Crippen LogP contribution in [-0.2, 0) is 0 Å². The van der Waals surface area contributed by atoms with Crippen LogP contribution in [0.5, 0.6) is 5.75 Å². The molecule has 17 heavy (non-hydrogen) atoms. The van der Waals surface area contributed by atoms with E-state index in [4.69, 9.17) is 10.2 Å². The summed E-state index contributed by atoms with van der Waals surface area (Å²) in [5, 5.41) is 18.2. The molecule has 5 heteroatoms. The third-order valence-corrected chi connectivity index (χ3v) is 3.03. The fourth-order valence-corrected chi connectivity index (χ4v) is 2.13. The molecule has 0 unspecified atom stereocenters. The van der Waals surface area contributed by atoms with Crippen molar-refractivity contribution >= 4 is 5.91 Å². The average molecular weight is 239 g/mol. The Kier molecular flexibility index (Phi) is 3.28. The highest BCUT2D eigenvalue weighted by atomic mass is 19.1. The molecule has 1 fully saturated rings. The van der Waals surface area contributed by atoms with Crippen LogP contribution < -0.4 is 0 Å². The van der Waals surface area contributed by atoms with E-state index in [2.05, 4.69) is 0 Å². The molecule has 2 N–H and O–H groups in total. The number of nitrogens with zero attached hydrogens (tertiary/aromatic N) is 1. The van der Waals surface area contributed by atoms with Crippen molar-refractivity contribution in [1.29, 1.82) is 0 Å². The molecule has 1 heterocycles. The quantitative estimate of drug-likeness (QED) is 0.813. The van der Waals surface area contributed by atoms with E-state index in [9.17, 15) is 9.18 Å². The Labute approximate surface area is 98.3 Å². The average Bonchev–Trinajstić information content (AvgIpc) is 2.76. The number of amides is 1. The van der Waals surface area contributed by atoms with Gasteiger partial charge in [-0.05, 0) is 25.0 Å². The number of likely N-dealkylation sites (tertiary alicyclic amines) is 1. The highest BCUT2D eigenvalue weighted by Crippen LogP contribution is 2.22. The minimum absolute atomic E-state index is 0.0665. The molecule has 0 spiro atoms. The van der Waals surface area contributed by atoms with Crippen LogP contribution in [0.4, 0.5) is 4.39 Å². The minimum atomic E-state index is -0.737. The summed E-state index contributed by atoms with van der Waals surface area (Å²) in [4.78, 5) is 13.5. The fraction of sp³-hybridized carbons (Fsp3) is 0.417. The van der Waals surface area contributed by atoms with Gasteiger partial charge in [0.1, 0.15) is 11.6 Å². The molecule has 1 aromatic carbocycles. The van der Waals surface area contributed by atoms with Crippen LogP contribution in [0.2, 0.25) is 0 Å². The van der Waals surface area contributed by atoms with Gasteiger partial charge in [-0.15, -0.1) is 0 Å². The first-order chi connectivity index (χ1) is 8.13. The molecule has 1 aromatic rings. The van der Waals surface area contributed by atoms with Gasteiger partial charge in [0.05, 0.1) is 18.2 Å². The SMILES string of the molecule is O=C(c1ccc(O)cc1F)N1CCC[C@@H]1CO. The third-order valence-electron chi connectivity index (χ3n) is 3.03. The Hall–Kier alpha value is -1.62. The molecular weight excluding hydrogens is 225 g/mol. The summed E-state index contributed by atoms with van der Waals surface area (Å²) in [6, 6.07) is 3.23. The molecule has 1 amide bonds. The predicted molar refractivity (Wildman–Crippen MR) is 59.2 cm³/mol. The van der Waals surface area contributed by atoms with Gasteiger partial charge in [-0.3, -0.25) is 4.79 Å². The van der Waals surface area contributed by atoms with Crippen LogP contribution in [0, 0.1) is 5.82 Å². The van der Waals surface area contributed by atoms with Crippen molar-refractivity contribution < 1.29 is 19.4 Å². The van der Waals surface area contributed by atoms with Crippen molar-refractivity contribution in [2.45, 2.75) is 18.9 Å². The zero-order valence-corrected chi connectivity index (χ0v) is 9.27. The van der Waals surface area contributed by atoms with E-state index in [1.165, 1.54) is 17.0 Å². The number of hydrogen-bond donors (Lipinski definition) is 2. The van der Waals surface area contributed by atoms with Crippen LogP contribution in [-0.4, -0.2) is 40.2 Å². The van der Waals surface area contributed by atoms with E-state index < -0.39 is 11.7 Å². The van der Waals surface area contributed by atoms with Gasteiger partial charge in [-0.2, -0.15) is 0 Å². The number of benzene rings is 1. The second kappa shape index (κ2) is 4.71. The molecule has 1 saturated heterocycles. The molecule has 1 aliphatic heterocycles. The lowest BCUT2D eigenvalue weighted by molar-refractivity contribution is 0.0673. The van der Waals surface area contributed by atoms with E-state index in [-0.39, 0.29) is 24.0 Å². The topological polar surface area (TPSA) is 60.8 Å². The normalized spacial score (nSPS) is 19.6. The molecule has 92 valence electrons. The molecule has 1 aliphatic rings. The maximum absolute atomic E-state index is 13.5. The first-order valence-corrected chi connectivity index (χ1v) is 5.54. The Morgan fingerprint density at radius 2 is 2.29 bits per heavy atom. The summed E-state index contributed by atoms with van der Waals surface area (Å²) >= 11 is 0. The smallest absolute Gasteiger partial charge is 0.257 e. The number of hydrogen-bond acceptors (Lipinski definition) is 3. The van der Waals surface area contributed by atoms with Crippen LogP contribution in [0.1, 0.15) is 23.2 Å². The molecule has 4 nitrogen and oxygen atoms in total. The molecule has 2 rings (SSSR count). The van der Waals surface area contributed by atoms with Gasteiger partial charge in [0.25, 0.3) is 5.91 Å². The van der Waals surface area contributed by atoms with Crippen molar-refractivity contribution in [3.63, 3.8) is 0 Å². The molecule has 0 bridgehead atoms. The number of aliphatic hydroxyl groups is 1. The fourth-order valence-electron chi connectivity index (χ4n) is 2.13. The highest BCUT2D eigenvalue weighted by molar-refractivity contribution is 5.95. The Bertz CT molecular complexity index is 436. The maximum Gasteiger partial charge on any atom is 0.257 e. The highest BCUT2D eigenvalue weighted by Gasteiger charge is 2.30. The Balaban J connectivity index is 2.24. The van der Waals surface area contributed by atoms with Crippen molar-refractivity contribution in [3.05, 3.63) is 29.6 Å². The van der Waals surface area contributed by atoms with Crippen LogP contribution in [0.15, 0.2) is 18.2 Å². The first kappa shape index (κ1) is 11.9. The van der Waals surface area contributed by atoms with Crippen molar-refractivity contribution in [2.24, 2.45) is 0 Å². The second-order valence-electron chi connectivity index (χ2n) is 4.14.